The summed E-state index contributed by atoms with van der Waals surface area (Å²) < 4.78 is 6.06. The van der Waals surface area contributed by atoms with E-state index in [0.29, 0.717) is 11.1 Å². The predicted molar refractivity (Wildman–Crippen MR) is 80.0 cm³/mol. The fourth-order valence-electron chi connectivity index (χ4n) is 2.73. The summed E-state index contributed by atoms with van der Waals surface area (Å²) in [5.74, 6) is 0.266. The molecule has 6 nitrogen and oxygen atoms in total. The number of amides is 1. The van der Waals surface area contributed by atoms with Gasteiger partial charge in [0.2, 0.25) is 0 Å². The van der Waals surface area contributed by atoms with Crippen LogP contribution in [0.1, 0.15) is 42.1 Å². The van der Waals surface area contributed by atoms with Gasteiger partial charge in [0.1, 0.15) is 17.4 Å². The molecule has 2 heterocycles. The van der Waals surface area contributed by atoms with Crippen LogP contribution in [0.3, 0.4) is 0 Å². The number of hydrogen-bond acceptors (Lipinski definition) is 4. The minimum atomic E-state index is -0.467. The minimum Gasteiger partial charge on any atom is -0.367 e. The average Bonchev–Trinajstić information content (AvgIpc) is 2.92. The number of benzene rings is 1. The van der Waals surface area contributed by atoms with Crippen LogP contribution in [0.5, 0.6) is 0 Å². The quantitative estimate of drug-likeness (QED) is 0.794. The maximum Gasteiger partial charge on any atom is 0.250 e. The van der Waals surface area contributed by atoms with Crippen LogP contribution in [-0.4, -0.2) is 35.1 Å². The van der Waals surface area contributed by atoms with Gasteiger partial charge in [0.25, 0.3) is 5.91 Å². The van der Waals surface area contributed by atoms with Gasteiger partial charge in [-0.2, -0.15) is 0 Å². The van der Waals surface area contributed by atoms with Crippen molar-refractivity contribution in [1.82, 2.24) is 15.3 Å². The van der Waals surface area contributed by atoms with Gasteiger partial charge in [-0.15, -0.1) is 0 Å². The Morgan fingerprint density at radius 1 is 1.43 bits per heavy atom. The van der Waals surface area contributed by atoms with Crippen molar-refractivity contribution in [3.63, 3.8) is 0 Å². The van der Waals surface area contributed by atoms with E-state index in [1.54, 1.807) is 12.1 Å². The number of nitrogens with zero attached hydrogens (tertiary/aromatic N) is 1. The summed E-state index contributed by atoms with van der Waals surface area (Å²) in [6.07, 6.45) is 2.14. The molecule has 4 N–H and O–H groups in total. The molecule has 1 aliphatic rings. The van der Waals surface area contributed by atoms with E-state index >= 15 is 0 Å². The average molecular weight is 288 g/mol. The van der Waals surface area contributed by atoms with Crippen molar-refractivity contribution in [2.75, 3.05) is 13.1 Å². The van der Waals surface area contributed by atoms with Crippen LogP contribution in [0.25, 0.3) is 11.0 Å². The molecule has 0 radical (unpaired) electrons. The first-order valence-electron chi connectivity index (χ1n) is 7.30. The van der Waals surface area contributed by atoms with Crippen molar-refractivity contribution in [2.24, 2.45) is 5.73 Å². The van der Waals surface area contributed by atoms with Gasteiger partial charge in [0.05, 0.1) is 17.2 Å². The van der Waals surface area contributed by atoms with Gasteiger partial charge in [0, 0.05) is 0 Å². The number of fused-ring (bicyclic) bond motifs is 1. The summed E-state index contributed by atoms with van der Waals surface area (Å²) in [5.41, 5.74) is 7.24. The lowest BCUT2D eigenvalue weighted by molar-refractivity contribution is -0.0222. The van der Waals surface area contributed by atoms with Gasteiger partial charge in [-0.3, -0.25) is 4.79 Å². The molecule has 1 aliphatic heterocycles. The molecule has 1 amide bonds. The number of piperidine rings is 1. The Hall–Kier alpha value is -1.92. The second-order valence-electron chi connectivity index (χ2n) is 5.42. The zero-order valence-electron chi connectivity index (χ0n) is 12.1. The molecular formula is C15H20N4O2. The van der Waals surface area contributed by atoms with Crippen molar-refractivity contribution in [3.8, 4) is 0 Å². The Balaban J connectivity index is 1.83. The van der Waals surface area contributed by atoms with Gasteiger partial charge in [-0.25, -0.2) is 4.98 Å². The Bertz CT molecular complexity index is 646. The van der Waals surface area contributed by atoms with E-state index in [1.807, 2.05) is 13.0 Å². The molecular weight excluding hydrogens is 268 g/mol. The smallest absolute Gasteiger partial charge is 0.250 e. The van der Waals surface area contributed by atoms with E-state index in [1.165, 1.54) is 0 Å². The number of rotatable bonds is 4. The van der Waals surface area contributed by atoms with Gasteiger partial charge >= 0.3 is 0 Å². The lowest BCUT2D eigenvalue weighted by Crippen LogP contribution is -2.33. The van der Waals surface area contributed by atoms with Gasteiger partial charge in [-0.1, -0.05) is 6.07 Å². The molecule has 0 aliphatic carbocycles. The number of nitrogens with two attached hydrogens (primary N) is 1. The minimum absolute atomic E-state index is 0.138. The number of hydrogen-bond donors (Lipinski definition) is 3. The van der Waals surface area contributed by atoms with Crippen LogP contribution in [0.4, 0.5) is 0 Å². The van der Waals surface area contributed by atoms with Crippen molar-refractivity contribution in [3.05, 3.63) is 29.6 Å². The zero-order valence-corrected chi connectivity index (χ0v) is 12.1. The predicted octanol–water partition coefficient (Wildman–Crippen LogP) is 1.49. The molecule has 1 aromatic heterocycles. The summed E-state index contributed by atoms with van der Waals surface area (Å²) in [7, 11) is 0. The largest absolute Gasteiger partial charge is 0.367 e. The number of aromatic amines is 1. The van der Waals surface area contributed by atoms with Gasteiger partial charge in [-0.05, 0) is 45.0 Å². The Morgan fingerprint density at radius 3 is 2.90 bits per heavy atom. The number of primary amides is 1. The first kappa shape index (κ1) is 14.0. The summed E-state index contributed by atoms with van der Waals surface area (Å²) in [6.45, 7) is 3.95. The topological polar surface area (TPSA) is 93.0 Å². The molecule has 0 bridgehead atoms. The fraction of sp³-hybridized carbons (Fsp3) is 0.467. The third-order valence-corrected chi connectivity index (χ3v) is 3.86. The second kappa shape index (κ2) is 5.83. The number of carbonyl (C=O) groups excluding carboxylic acids is 1. The van der Waals surface area contributed by atoms with Crippen LogP contribution < -0.4 is 11.1 Å². The molecule has 6 heteroatoms. The third-order valence-electron chi connectivity index (χ3n) is 3.86. The normalized spacial score (nSPS) is 18.0. The van der Waals surface area contributed by atoms with Crippen molar-refractivity contribution < 1.29 is 9.53 Å². The van der Waals surface area contributed by atoms with Gasteiger partial charge < -0.3 is 20.8 Å². The highest BCUT2D eigenvalue weighted by atomic mass is 16.5. The summed E-state index contributed by atoms with van der Waals surface area (Å²) >= 11 is 0. The molecule has 0 spiro atoms. The molecule has 1 fully saturated rings. The Kier molecular flexibility index (Phi) is 3.90. The van der Waals surface area contributed by atoms with Crippen LogP contribution in [0.15, 0.2) is 18.2 Å². The molecule has 1 unspecified atom stereocenters. The molecule has 1 saturated heterocycles. The summed E-state index contributed by atoms with van der Waals surface area (Å²) in [6, 6.07) is 5.37. The third kappa shape index (κ3) is 2.91. The van der Waals surface area contributed by atoms with Crippen LogP contribution in [0.2, 0.25) is 0 Å². The Morgan fingerprint density at radius 2 is 2.19 bits per heavy atom. The fourth-order valence-corrected chi connectivity index (χ4v) is 2.73. The number of nitrogens with one attached hydrogen (secondary N) is 2. The van der Waals surface area contributed by atoms with E-state index in [2.05, 4.69) is 15.3 Å². The number of imidazole rings is 1. The number of carbonyl (C=O) groups is 1. The standard InChI is InChI=1S/C15H20N4O2/c1-9(21-10-5-7-17-8-6-10)15-18-12-4-2-3-11(14(16)20)13(12)19-15/h2-4,9-10,17H,5-8H2,1H3,(H2,16,20)(H,18,19). The lowest BCUT2D eigenvalue weighted by Gasteiger charge is -2.25. The first-order valence-corrected chi connectivity index (χ1v) is 7.30. The molecule has 0 saturated carbocycles. The van der Waals surface area contributed by atoms with Crippen molar-refractivity contribution >= 4 is 16.9 Å². The molecule has 112 valence electrons. The highest BCUT2D eigenvalue weighted by Gasteiger charge is 2.20. The van der Waals surface area contributed by atoms with E-state index in [-0.39, 0.29) is 12.2 Å². The SMILES string of the molecule is CC(OC1CCNCC1)c1nc2c(C(N)=O)cccc2[nH]1. The van der Waals surface area contributed by atoms with E-state index in [9.17, 15) is 4.79 Å². The molecule has 21 heavy (non-hydrogen) atoms. The van der Waals surface area contributed by atoms with Crippen LogP contribution >= 0.6 is 0 Å². The summed E-state index contributed by atoms with van der Waals surface area (Å²) in [5, 5.41) is 3.31. The molecule has 3 rings (SSSR count). The second-order valence-corrected chi connectivity index (χ2v) is 5.42. The van der Waals surface area contributed by atoms with Crippen molar-refractivity contribution in [1.29, 1.82) is 0 Å². The molecule has 1 atom stereocenters. The number of ether oxygens (including phenoxy) is 1. The maximum absolute atomic E-state index is 11.4. The highest BCUT2D eigenvalue weighted by Crippen LogP contribution is 2.23. The van der Waals surface area contributed by atoms with Gasteiger partial charge in [0.15, 0.2) is 0 Å². The zero-order chi connectivity index (χ0) is 14.8. The summed E-state index contributed by atoms with van der Waals surface area (Å²) in [4.78, 5) is 19.2. The van der Waals surface area contributed by atoms with Crippen molar-refractivity contribution in [2.45, 2.75) is 32.0 Å². The van der Waals surface area contributed by atoms with E-state index in [0.717, 1.165) is 37.3 Å². The number of H-pyrrole nitrogens is 1. The first-order chi connectivity index (χ1) is 10.1. The Labute approximate surface area is 123 Å². The van der Waals surface area contributed by atoms with Crippen LogP contribution in [-0.2, 0) is 4.74 Å². The highest BCUT2D eigenvalue weighted by molar-refractivity contribution is 6.04. The van der Waals surface area contributed by atoms with Crippen LogP contribution in [0, 0.1) is 0 Å². The van der Waals surface area contributed by atoms with E-state index in [4.69, 9.17) is 10.5 Å². The number of para-hydroxylation sites is 1. The van der Waals surface area contributed by atoms with E-state index < -0.39 is 5.91 Å². The lowest BCUT2D eigenvalue weighted by atomic mass is 10.1. The molecule has 1 aromatic carbocycles. The molecule has 2 aromatic rings. The monoisotopic (exact) mass is 288 g/mol. The maximum atomic E-state index is 11.4. The number of aromatic nitrogens is 2.